The number of hydroxylamine groups is 2. The molecule has 0 bridgehead atoms. The summed E-state index contributed by atoms with van der Waals surface area (Å²) in [4.78, 5) is 5.24. The SMILES string of the molecule is C=C(CNCCCON(C)C)OCC. The highest BCUT2D eigenvalue weighted by Gasteiger charge is 1.94. The second-order valence-electron chi connectivity index (χ2n) is 3.15. The van der Waals surface area contributed by atoms with Crippen LogP contribution in [0.2, 0.25) is 0 Å². The van der Waals surface area contributed by atoms with Gasteiger partial charge in [0.15, 0.2) is 0 Å². The van der Waals surface area contributed by atoms with Gasteiger partial charge in [0.25, 0.3) is 0 Å². The van der Waals surface area contributed by atoms with Gasteiger partial charge >= 0.3 is 0 Å². The van der Waals surface area contributed by atoms with Crippen LogP contribution in [-0.4, -0.2) is 45.5 Å². The van der Waals surface area contributed by atoms with Crippen LogP contribution in [0.5, 0.6) is 0 Å². The highest BCUT2D eigenvalue weighted by molar-refractivity contribution is 4.84. The standard InChI is InChI=1S/C10H22N2O2/c1-5-13-10(2)9-11-7-6-8-14-12(3)4/h11H,2,5-9H2,1,3-4H3. The largest absolute Gasteiger partial charge is 0.497 e. The van der Waals surface area contributed by atoms with Crippen LogP contribution in [0.25, 0.3) is 0 Å². The third kappa shape index (κ3) is 9.51. The van der Waals surface area contributed by atoms with Gasteiger partial charge in [0.05, 0.1) is 19.8 Å². The van der Waals surface area contributed by atoms with E-state index in [4.69, 9.17) is 9.57 Å². The topological polar surface area (TPSA) is 33.7 Å². The number of hydrogen-bond acceptors (Lipinski definition) is 4. The third-order valence-electron chi connectivity index (χ3n) is 1.52. The molecule has 0 aromatic rings. The molecule has 0 aromatic heterocycles. The molecule has 84 valence electrons. The Labute approximate surface area is 86.8 Å². The van der Waals surface area contributed by atoms with E-state index in [1.165, 1.54) is 0 Å². The molecule has 0 amide bonds. The Morgan fingerprint density at radius 2 is 2.14 bits per heavy atom. The molecule has 0 fully saturated rings. The molecule has 0 spiro atoms. The molecule has 0 aliphatic heterocycles. The van der Waals surface area contributed by atoms with Gasteiger partial charge in [-0.25, -0.2) is 0 Å². The molecule has 4 nitrogen and oxygen atoms in total. The van der Waals surface area contributed by atoms with E-state index < -0.39 is 0 Å². The molecule has 0 rings (SSSR count). The molecular weight excluding hydrogens is 180 g/mol. The van der Waals surface area contributed by atoms with E-state index in [9.17, 15) is 0 Å². The molecular formula is C10H22N2O2. The van der Waals surface area contributed by atoms with Crippen molar-refractivity contribution >= 4 is 0 Å². The van der Waals surface area contributed by atoms with E-state index in [1.54, 1.807) is 5.06 Å². The molecule has 0 saturated carbocycles. The summed E-state index contributed by atoms with van der Waals surface area (Å²) in [5, 5.41) is 4.93. The molecule has 0 radical (unpaired) electrons. The fraction of sp³-hybridized carbons (Fsp3) is 0.800. The van der Waals surface area contributed by atoms with Crippen molar-refractivity contribution in [1.82, 2.24) is 10.4 Å². The molecule has 0 aliphatic rings. The van der Waals surface area contributed by atoms with Gasteiger partial charge in [0, 0.05) is 14.1 Å². The predicted molar refractivity (Wildman–Crippen MR) is 57.9 cm³/mol. The lowest BCUT2D eigenvalue weighted by molar-refractivity contribution is -0.119. The summed E-state index contributed by atoms with van der Waals surface area (Å²) in [5.74, 6) is 0.793. The van der Waals surface area contributed by atoms with Crippen molar-refractivity contribution in [2.45, 2.75) is 13.3 Å². The fourth-order valence-corrected chi connectivity index (χ4v) is 0.927. The average molecular weight is 202 g/mol. The van der Waals surface area contributed by atoms with Crippen LogP contribution in [0, 0.1) is 0 Å². The minimum absolute atomic E-state index is 0.685. The second-order valence-corrected chi connectivity index (χ2v) is 3.15. The van der Waals surface area contributed by atoms with E-state index in [0.717, 1.165) is 31.9 Å². The van der Waals surface area contributed by atoms with Gasteiger partial charge in [-0.2, -0.15) is 5.06 Å². The summed E-state index contributed by atoms with van der Waals surface area (Å²) in [6, 6.07) is 0. The van der Waals surface area contributed by atoms with Gasteiger partial charge in [0.2, 0.25) is 0 Å². The monoisotopic (exact) mass is 202 g/mol. The second kappa shape index (κ2) is 8.99. The normalized spacial score (nSPS) is 10.6. The van der Waals surface area contributed by atoms with Crippen LogP contribution in [0.1, 0.15) is 13.3 Å². The van der Waals surface area contributed by atoms with Crippen molar-refractivity contribution in [1.29, 1.82) is 0 Å². The van der Waals surface area contributed by atoms with Crippen molar-refractivity contribution in [3.05, 3.63) is 12.3 Å². The Bertz CT molecular complexity index is 149. The van der Waals surface area contributed by atoms with Gasteiger partial charge in [0.1, 0.15) is 5.76 Å². The fourth-order valence-electron chi connectivity index (χ4n) is 0.927. The molecule has 4 heteroatoms. The number of nitrogens with one attached hydrogen (secondary N) is 1. The first-order chi connectivity index (χ1) is 6.66. The highest BCUT2D eigenvalue weighted by Crippen LogP contribution is 1.90. The van der Waals surface area contributed by atoms with E-state index in [1.807, 2.05) is 21.0 Å². The average Bonchev–Trinajstić information content (AvgIpc) is 2.11. The van der Waals surface area contributed by atoms with Gasteiger partial charge in [-0.05, 0) is 19.9 Å². The summed E-state index contributed by atoms with van der Waals surface area (Å²) < 4.78 is 5.19. The molecule has 0 heterocycles. The Balaban J connectivity index is 3.09. The predicted octanol–water partition coefficient (Wildman–Crippen LogP) is 1.01. The molecule has 0 atom stereocenters. The summed E-state index contributed by atoms with van der Waals surface area (Å²) in [7, 11) is 3.76. The minimum atomic E-state index is 0.685. The number of ether oxygens (including phenoxy) is 1. The first kappa shape index (κ1) is 13.4. The molecule has 1 N–H and O–H groups in total. The third-order valence-corrected chi connectivity index (χ3v) is 1.52. The molecule has 0 saturated heterocycles. The van der Waals surface area contributed by atoms with Gasteiger partial charge in [-0.3, -0.25) is 4.84 Å². The lowest BCUT2D eigenvalue weighted by Crippen LogP contribution is -2.22. The number of nitrogens with zero attached hydrogens (tertiary/aromatic N) is 1. The van der Waals surface area contributed by atoms with E-state index >= 15 is 0 Å². The Hall–Kier alpha value is -0.580. The van der Waals surface area contributed by atoms with Crippen molar-refractivity contribution in [2.75, 3.05) is 40.4 Å². The van der Waals surface area contributed by atoms with Crippen molar-refractivity contribution in [2.24, 2.45) is 0 Å². The van der Waals surface area contributed by atoms with Gasteiger partial charge in [-0.15, -0.1) is 0 Å². The summed E-state index contributed by atoms with van der Waals surface area (Å²) in [6.07, 6.45) is 0.984. The number of rotatable bonds is 9. The Kier molecular flexibility index (Phi) is 8.62. The zero-order valence-corrected chi connectivity index (χ0v) is 9.51. The lowest BCUT2D eigenvalue weighted by atomic mass is 10.4. The first-order valence-electron chi connectivity index (χ1n) is 4.98. The van der Waals surface area contributed by atoms with Gasteiger partial charge in [-0.1, -0.05) is 6.58 Å². The molecule has 0 aliphatic carbocycles. The van der Waals surface area contributed by atoms with Crippen molar-refractivity contribution in [3.63, 3.8) is 0 Å². The molecule has 0 unspecified atom stereocenters. The zero-order valence-electron chi connectivity index (χ0n) is 9.51. The Morgan fingerprint density at radius 3 is 2.71 bits per heavy atom. The maximum atomic E-state index is 5.24. The molecule has 0 aromatic carbocycles. The van der Waals surface area contributed by atoms with Crippen LogP contribution in [0.4, 0.5) is 0 Å². The maximum Gasteiger partial charge on any atom is 0.103 e. The van der Waals surface area contributed by atoms with E-state index in [-0.39, 0.29) is 0 Å². The minimum Gasteiger partial charge on any atom is -0.497 e. The van der Waals surface area contributed by atoms with Crippen molar-refractivity contribution in [3.8, 4) is 0 Å². The molecule has 14 heavy (non-hydrogen) atoms. The Morgan fingerprint density at radius 1 is 1.43 bits per heavy atom. The van der Waals surface area contributed by atoms with E-state index in [0.29, 0.717) is 6.61 Å². The lowest BCUT2D eigenvalue weighted by Gasteiger charge is -2.11. The van der Waals surface area contributed by atoms with Crippen molar-refractivity contribution < 1.29 is 9.57 Å². The number of hydrogen-bond donors (Lipinski definition) is 1. The quantitative estimate of drug-likeness (QED) is 0.344. The maximum absolute atomic E-state index is 5.24. The summed E-state index contributed by atoms with van der Waals surface area (Å²) >= 11 is 0. The summed E-state index contributed by atoms with van der Waals surface area (Å²) in [5.41, 5.74) is 0. The smallest absolute Gasteiger partial charge is 0.103 e. The zero-order chi connectivity index (χ0) is 10.8. The van der Waals surface area contributed by atoms with Crippen LogP contribution in [0.3, 0.4) is 0 Å². The van der Waals surface area contributed by atoms with Crippen LogP contribution in [0.15, 0.2) is 12.3 Å². The first-order valence-corrected chi connectivity index (χ1v) is 4.98. The van der Waals surface area contributed by atoms with Gasteiger partial charge < -0.3 is 10.1 Å². The van der Waals surface area contributed by atoms with E-state index in [2.05, 4.69) is 11.9 Å². The van der Waals surface area contributed by atoms with Crippen LogP contribution in [-0.2, 0) is 9.57 Å². The summed E-state index contributed by atoms with van der Waals surface area (Å²) in [6.45, 7) is 8.78. The highest BCUT2D eigenvalue weighted by atomic mass is 16.7. The van der Waals surface area contributed by atoms with Crippen LogP contribution < -0.4 is 5.32 Å². The van der Waals surface area contributed by atoms with Crippen LogP contribution >= 0.6 is 0 Å².